The number of rotatable bonds is 7. The van der Waals surface area contributed by atoms with Crippen molar-refractivity contribution in [2.75, 3.05) is 6.61 Å². The summed E-state index contributed by atoms with van der Waals surface area (Å²) in [6, 6.07) is 14.5. The van der Waals surface area contributed by atoms with Gasteiger partial charge in [0.15, 0.2) is 5.78 Å². The van der Waals surface area contributed by atoms with Gasteiger partial charge in [-0.1, -0.05) is 61.3 Å². The average Bonchev–Trinajstić information content (AvgIpc) is 2.60. The molecule has 0 saturated carbocycles. The topological polar surface area (TPSA) is 37.3 Å². The fourth-order valence-electron chi connectivity index (χ4n) is 3.17. The summed E-state index contributed by atoms with van der Waals surface area (Å²) in [5, 5.41) is 11.4. The van der Waals surface area contributed by atoms with Gasteiger partial charge < -0.3 is 5.11 Å². The second-order valence-corrected chi connectivity index (χ2v) is 6.85. The number of benzene rings is 2. The van der Waals surface area contributed by atoms with Gasteiger partial charge in [0, 0.05) is 16.0 Å². The van der Waals surface area contributed by atoms with Crippen molar-refractivity contribution in [1.82, 2.24) is 0 Å². The molecule has 0 radical (unpaired) electrons. The van der Waals surface area contributed by atoms with E-state index in [1.165, 1.54) is 0 Å². The zero-order valence-electron chi connectivity index (χ0n) is 13.9. The van der Waals surface area contributed by atoms with Crippen molar-refractivity contribution in [3.8, 4) is 0 Å². The first-order chi connectivity index (χ1) is 11.5. The van der Waals surface area contributed by atoms with Crippen molar-refractivity contribution in [2.24, 2.45) is 0 Å². The molecule has 0 spiro atoms. The lowest BCUT2D eigenvalue weighted by atomic mass is 9.69. The number of Topliss-reactive ketones (excluding diaryl/α,β-unsaturated/α-hetero) is 1. The highest BCUT2D eigenvalue weighted by atomic mass is 35.5. The molecule has 2 aromatic rings. The maximum Gasteiger partial charge on any atom is 0.153 e. The van der Waals surface area contributed by atoms with Crippen molar-refractivity contribution < 1.29 is 9.90 Å². The SMILES string of the molecule is CC[C@@H](C(=O)[C@@](CC)(CO)c1ccc(Cl)cc1)c1ccc(Cl)cc1. The minimum atomic E-state index is -0.926. The molecular formula is C20H22Cl2O2. The molecule has 2 atom stereocenters. The lowest BCUT2D eigenvalue weighted by Crippen LogP contribution is -2.42. The molecule has 0 aromatic heterocycles. The Labute approximate surface area is 153 Å². The van der Waals surface area contributed by atoms with E-state index in [4.69, 9.17) is 23.2 Å². The number of halogens is 2. The monoisotopic (exact) mass is 364 g/mol. The summed E-state index contributed by atoms with van der Waals surface area (Å²) in [7, 11) is 0. The molecule has 2 rings (SSSR count). The van der Waals surface area contributed by atoms with Crippen LogP contribution in [0.1, 0.15) is 43.7 Å². The highest BCUT2D eigenvalue weighted by Gasteiger charge is 2.41. The first-order valence-electron chi connectivity index (χ1n) is 8.15. The predicted molar refractivity (Wildman–Crippen MR) is 100.0 cm³/mol. The fourth-order valence-corrected chi connectivity index (χ4v) is 3.42. The number of hydrogen-bond acceptors (Lipinski definition) is 2. The van der Waals surface area contributed by atoms with E-state index in [-0.39, 0.29) is 18.3 Å². The molecule has 0 bridgehead atoms. The van der Waals surface area contributed by atoms with Gasteiger partial charge in [-0.05, 0) is 48.2 Å². The minimum absolute atomic E-state index is 0.0274. The van der Waals surface area contributed by atoms with E-state index in [2.05, 4.69) is 0 Å². The zero-order chi connectivity index (χ0) is 17.7. The van der Waals surface area contributed by atoms with Gasteiger partial charge in [0.1, 0.15) is 0 Å². The van der Waals surface area contributed by atoms with E-state index in [9.17, 15) is 9.90 Å². The molecule has 2 nitrogen and oxygen atoms in total. The van der Waals surface area contributed by atoms with Gasteiger partial charge in [-0.2, -0.15) is 0 Å². The number of hydrogen-bond donors (Lipinski definition) is 1. The summed E-state index contributed by atoms with van der Waals surface area (Å²) in [6.45, 7) is 3.68. The Balaban J connectivity index is 2.46. The molecule has 0 amide bonds. The second kappa shape index (κ2) is 8.15. The number of carbonyl (C=O) groups excluding carboxylic acids is 1. The van der Waals surface area contributed by atoms with Crippen LogP contribution >= 0.6 is 23.2 Å². The molecule has 0 fully saturated rings. The van der Waals surface area contributed by atoms with Gasteiger partial charge >= 0.3 is 0 Å². The molecule has 0 aliphatic rings. The molecule has 0 aliphatic carbocycles. The first kappa shape index (κ1) is 19.0. The molecule has 0 aliphatic heterocycles. The summed E-state index contributed by atoms with van der Waals surface area (Å²) in [5.74, 6) is -0.260. The summed E-state index contributed by atoms with van der Waals surface area (Å²) in [4.78, 5) is 13.4. The van der Waals surface area contributed by atoms with Crippen molar-refractivity contribution in [2.45, 2.75) is 38.0 Å². The minimum Gasteiger partial charge on any atom is -0.395 e. The molecule has 24 heavy (non-hydrogen) atoms. The van der Waals surface area contributed by atoms with Crippen molar-refractivity contribution in [3.63, 3.8) is 0 Å². The maximum atomic E-state index is 13.4. The number of ketones is 1. The maximum absolute atomic E-state index is 13.4. The third-order valence-electron chi connectivity index (χ3n) is 4.74. The summed E-state index contributed by atoms with van der Waals surface area (Å²) >= 11 is 11.9. The Morgan fingerprint density at radius 1 is 1.00 bits per heavy atom. The lowest BCUT2D eigenvalue weighted by Gasteiger charge is -2.33. The molecule has 128 valence electrons. The van der Waals surface area contributed by atoms with E-state index >= 15 is 0 Å². The van der Waals surface area contributed by atoms with Crippen LogP contribution in [0.3, 0.4) is 0 Å². The fraction of sp³-hybridized carbons (Fsp3) is 0.350. The van der Waals surface area contributed by atoms with Gasteiger partial charge in [-0.25, -0.2) is 0 Å². The summed E-state index contributed by atoms with van der Waals surface area (Å²) in [6.07, 6.45) is 1.18. The third kappa shape index (κ3) is 3.66. The van der Waals surface area contributed by atoms with Crippen LogP contribution in [-0.2, 0) is 10.2 Å². The van der Waals surface area contributed by atoms with Crippen LogP contribution in [0.4, 0.5) is 0 Å². The Morgan fingerprint density at radius 2 is 1.50 bits per heavy atom. The van der Waals surface area contributed by atoms with E-state index in [0.29, 0.717) is 22.9 Å². The predicted octanol–water partition coefficient (Wildman–Crippen LogP) is 5.40. The van der Waals surface area contributed by atoms with Gasteiger partial charge in [0.25, 0.3) is 0 Å². The lowest BCUT2D eigenvalue weighted by molar-refractivity contribution is -0.128. The molecule has 0 unspecified atom stereocenters. The number of aliphatic hydroxyl groups excluding tert-OH is 1. The van der Waals surface area contributed by atoms with Crippen LogP contribution in [-0.4, -0.2) is 17.5 Å². The summed E-state index contributed by atoms with van der Waals surface area (Å²) < 4.78 is 0. The largest absolute Gasteiger partial charge is 0.395 e. The standard InChI is InChI=1S/C20H22Cl2O2/c1-3-18(14-5-9-16(21)10-6-14)19(24)20(4-2,13-23)15-7-11-17(22)12-8-15/h5-12,18,23H,3-4,13H2,1-2H3/t18-,20+/m1/s1. The van der Waals surface area contributed by atoms with Crippen LogP contribution in [0.15, 0.2) is 48.5 Å². The van der Waals surface area contributed by atoms with Crippen molar-refractivity contribution in [1.29, 1.82) is 0 Å². The van der Waals surface area contributed by atoms with E-state index in [0.717, 1.165) is 11.1 Å². The van der Waals surface area contributed by atoms with E-state index in [1.807, 2.05) is 38.1 Å². The highest BCUT2D eigenvalue weighted by molar-refractivity contribution is 6.30. The molecule has 0 saturated heterocycles. The van der Waals surface area contributed by atoms with Crippen molar-refractivity contribution in [3.05, 3.63) is 69.7 Å². The van der Waals surface area contributed by atoms with Gasteiger partial charge in [-0.15, -0.1) is 0 Å². The molecule has 2 aromatic carbocycles. The average molecular weight is 365 g/mol. The number of aliphatic hydroxyl groups is 1. The molecule has 1 N–H and O–H groups in total. The van der Waals surface area contributed by atoms with Crippen LogP contribution in [0.5, 0.6) is 0 Å². The zero-order valence-corrected chi connectivity index (χ0v) is 15.4. The third-order valence-corrected chi connectivity index (χ3v) is 5.24. The molecule has 4 heteroatoms. The highest BCUT2D eigenvalue weighted by Crippen LogP contribution is 2.37. The Morgan fingerprint density at radius 3 is 1.92 bits per heavy atom. The van der Waals surface area contributed by atoms with Crippen molar-refractivity contribution >= 4 is 29.0 Å². The Bertz CT molecular complexity index is 674. The van der Waals surface area contributed by atoms with Gasteiger partial charge in [0.2, 0.25) is 0 Å². The summed E-state index contributed by atoms with van der Waals surface area (Å²) in [5.41, 5.74) is 0.798. The van der Waals surface area contributed by atoms with Gasteiger partial charge in [0.05, 0.1) is 12.0 Å². The van der Waals surface area contributed by atoms with Gasteiger partial charge in [-0.3, -0.25) is 4.79 Å². The quantitative estimate of drug-likeness (QED) is 0.714. The van der Waals surface area contributed by atoms with Crippen LogP contribution < -0.4 is 0 Å². The molecule has 0 heterocycles. The number of carbonyl (C=O) groups is 1. The van der Waals surface area contributed by atoms with E-state index < -0.39 is 5.41 Å². The van der Waals surface area contributed by atoms with Crippen LogP contribution in [0.2, 0.25) is 10.0 Å². The molecular weight excluding hydrogens is 343 g/mol. The van der Waals surface area contributed by atoms with E-state index in [1.54, 1.807) is 24.3 Å². The van der Waals surface area contributed by atoms with Crippen LogP contribution in [0.25, 0.3) is 0 Å². The van der Waals surface area contributed by atoms with Crippen LogP contribution in [0, 0.1) is 0 Å². The second-order valence-electron chi connectivity index (χ2n) is 5.98. The Kier molecular flexibility index (Phi) is 6.45. The Hall–Kier alpha value is -1.35. The smallest absolute Gasteiger partial charge is 0.153 e. The first-order valence-corrected chi connectivity index (χ1v) is 8.90. The normalized spacial score (nSPS) is 14.9.